The van der Waals surface area contributed by atoms with Crippen molar-refractivity contribution in [2.75, 3.05) is 5.32 Å². The molecule has 2 aromatic heterocycles. The Hall–Kier alpha value is -3.02. The molecule has 1 amide bonds. The van der Waals surface area contributed by atoms with Crippen LogP contribution in [-0.2, 0) is 7.05 Å². The van der Waals surface area contributed by atoms with E-state index in [4.69, 9.17) is 23.2 Å². The summed E-state index contributed by atoms with van der Waals surface area (Å²) in [5.74, 6) is -0.270. The van der Waals surface area contributed by atoms with Gasteiger partial charge >= 0.3 is 0 Å². The SMILES string of the molecule is Cc1ccc(NC(=O)c2cc(-c3cccn3C)nn2-c2ccc(Cl)c(Cl)c2)cc1. The van der Waals surface area contributed by atoms with Gasteiger partial charge in [0, 0.05) is 18.9 Å². The number of nitrogens with zero attached hydrogens (tertiary/aromatic N) is 3. The molecule has 0 atom stereocenters. The van der Waals surface area contributed by atoms with Crippen molar-refractivity contribution in [3.05, 3.63) is 88.2 Å². The molecule has 0 saturated heterocycles. The van der Waals surface area contributed by atoms with E-state index in [0.717, 1.165) is 11.3 Å². The summed E-state index contributed by atoms with van der Waals surface area (Å²) < 4.78 is 3.53. The van der Waals surface area contributed by atoms with Gasteiger partial charge in [-0.15, -0.1) is 0 Å². The molecule has 0 saturated carbocycles. The number of aromatic nitrogens is 3. The predicted octanol–water partition coefficient (Wildman–Crippen LogP) is 5.75. The van der Waals surface area contributed by atoms with E-state index in [0.29, 0.717) is 32.8 Å². The number of benzene rings is 2. The summed E-state index contributed by atoms with van der Waals surface area (Å²) in [6.07, 6.45) is 1.93. The van der Waals surface area contributed by atoms with Crippen LogP contribution in [0.4, 0.5) is 5.69 Å². The lowest BCUT2D eigenvalue weighted by Gasteiger charge is -2.09. The summed E-state index contributed by atoms with van der Waals surface area (Å²) in [5, 5.41) is 8.43. The van der Waals surface area contributed by atoms with Gasteiger partial charge in [-0.05, 0) is 55.5 Å². The Morgan fingerprint density at radius 3 is 2.41 bits per heavy atom. The molecule has 29 heavy (non-hydrogen) atoms. The van der Waals surface area contributed by atoms with Gasteiger partial charge in [0.25, 0.3) is 5.91 Å². The fraction of sp³-hybridized carbons (Fsp3) is 0.0909. The average Bonchev–Trinajstić information content (AvgIpc) is 3.32. The minimum atomic E-state index is -0.270. The number of carbonyl (C=O) groups is 1. The minimum absolute atomic E-state index is 0.270. The highest BCUT2D eigenvalue weighted by molar-refractivity contribution is 6.42. The van der Waals surface area contributed by atoms with Crippen molar-refractivity contribution in [3.8, 4) is 17.1 Å². The summed E-state index contributed by atoms with van der Waals surface area (Å²) in [5.41, 5.74) is 4.44. The number of aryl methyl sites for hydroxylation is 2. The Bertz CT molecular complexity index is 1190. The van der Waals surface area contributed by atoms with Gasteiger partial charge in [-0.25, -0.2) is 4.68 Å². The van der Waals surface area contributed by atoms with Gasteiger partial charge in [0.15, 0.2) is 0 Å². The lowest BCUT2D eigenvalue weighted by molar-refractivity contribution is 0.101. The standard InChI is InChI=1S/C22H18Cl2N4O/c1-14-5-7-15(8-6-14)25-22(29)21-13-19(20-4-3-11-27(20)2)26-28(21)16-9-10-17(23)18(24)12-16/h3-13H,1-2H3,(H,25,29). The van der Waals surface area contributed by atoms with Gasteiger partial charge in [0.1, 0.15) is 11.4 Å². The number of hydrogen-bond donors (Lipinski definition) is 1. The second kappa shape index (κ2) is 7.78. The van der Waals surface area contributed by atoms with Gasteiger partial charge in [-0.1, -0.05) is 40.9 Å². The second-order valence-electron chi connectivity index (χ2n) is 6.75. The zero-order chi connectivity index (χ0) is 20.5. The van der Waals surface area contributed by atoms with Crippen LogP contribution in [0.3, 0.4) is 0 Å². The number of halogens is 2. The quantitative estimate of drug-likeness (QED) is 0.453. The minimum Gasteiger partial charge on any atom is -0.349 e. The van der Waals surface area contributed by atoms with Crippen molar-refractivity contribution >= 4 is 34.8 Å². The van der Waals surface area contributed by atoms with Gasteiger partial charge in [-0.2, -0.15) is 5.10 Å². The van der Waals surface area contributed by atoms with Crippen molar-refractivity contribution in [3.63, 3.8) is 0 Å². The van der Waals surface area contributed by atoms with E-state index in [-0.39, 0.29) is 5.91 Å². The number of rotatable bonds is 4. The van der Waals surface area contributed by atoms with Crippen LogP contribution in [0, 0.1) is 6.92 Å². The Labute approximate surface area is 178 Å². The molecule has 2 heterocycles. The largest absolute Gasteiger partial charge is 0.349 e. The molecule has 0 radical (unpaired) electrons. The van der Waals surface area contributed by atoms with Crippen LogP contribution in [0.1, 0.15) is 16.1 Å². The van der Waals surface area contributed by atoms with Crippen LogP contribution in [0.5, 0.6) is 0 Å². The first-order valence-electron chi connectivity index (χ1n) is 8.97. The lowest BCUT2D eigenvalue weighted by atomic mass is 10.2. The summed E-state index contributed by atoms with van der Waals surface area (Å²) in [4.78, 5) is 13.1. The molecule has 0 unspecified atom stereocenters. The van der Waals surface area contributed by atoms with Gasteiger partial charge in [0.2, 0.25) is 0 Å². The first-order valence-corrected chi connectivity index (χ1v) is 9.73. The lowest BCUT2D eigenvalue weighted by Crippen LogP contribution is -2.17. The molecule has 0 aliphatic rings. The number of nitrogens with one attached hydrogen (secondary N) is 1. The van der Waals surface area contributed by atoms with Crippen LogP contribution < -0.4 is 5.32 Å². The molecule has 4 rings (SSSR count). The molecule has 0 bridgehead atoms. The zero-order valence-electron chi connectivity index (χ0n) is 15.9. The fourth-order valence-corrected chi connectivity index (χ4v) is 3.33. The van der Waals surface area contributed by atoms with E-state index in [2.05, 4.69) is 10.4 Å². The maximum absolute atomic E-state index is 13.1. The average molecular weight is 425 g/mol. The number of carbonyl (C=O) groups excluding carboxylic acids is 1. The number of anilines is 1. The molecule has 0 spiro atoms. The van der Waals surface area contributed by atoms with Crippen LogP contribution in [0.2, 0.25) is 10.0 Å². The summed E-state index contributed by atoms with van der Waals surface area (Å²) >= 11 is 12.2. The van der Waals surface area contributed by atoms with E-state index in [1.165, 1.54) is 0 Å². The highest BCUT2D eigenvalue weighted by Gasteiger charge is 2.19. The molecular formula is C22H18Cl2N4O. The zero-order valence-corrected chi connectivity index (χ0v) is 17.4. The van der Waals surface area contributed by atoms with Crippen LogP contribution in [0.25, 0.3) is 17.1 Å². The van der Waals surface area contributed by atoms with Gasteiger partial charge in [-0.3, -0.25) is 4.79 Å². The Balaban J connectivity index is 1.79. The Morgan fingerprint density at radius 1 is 1.00 bits per heavy atom. The molecule has 1 N–H and O–H groups in total. The monoisotopic (exact) mass is 424 g/mol. The highest BCUT2D eigenvalue weighted by Crippen LogP contribution is 2.27. The highest BCUT2D eigenvalue weighted by atomic mass is 35.5. The van der Waals surface area contributed by atoms with Crippen LogP contribution in [-0.4, -0.2) is 20.3 Å². The van der Waals surface area contributed by atoms with E-state index in [1.807, 2.05) is 61.1 Å². The topological polar surface area (TPSA) is 51.9 Å². The Kier molecular flexibility index (Phi) is 5.18. The molecule has 5 nitrogen and oxygen atoms in total. The molecule has 2 aromatic carbocycles. The van der Waals surface area contributed by atoms with E-state index >= 15 is 0 Å². The molecule has 7 heteroatoms. The molecular weight excluding hydrogens is 407 g/mol. The van der Waals surface area contributed by atoms with Crippen molar-refractivity contribution in [2.45, 2.75) is 6.92 Å². The van der Waals surface area contributed by atoms with Crippen LogP contribution >= 0.6 is 23.2 Å². The molecule has 0 aliphatic heterocycles. The summed E-state index contributed by atoms with van der Waals surface area (Å²) in [7, 11) is 1.93. The summed E-state index contributed by atoms with van der Waals surface area (Å²) in [6.45, 7) is 2.00. The molecule has 0 fully saturated rings. The normalized spacial score (nSPS) is 10.9. The van der Waals surface area contributed by atoms with Crippen LogP contribution in [0.15, 0.2) is 66.9 Å². The first kappa shape index (κ1) is 19.3. The molecule has 0 aliphatic carbocycles. The smallest absolute Gasteiger partial charge is 0.274 e. The number of amides is 1. The predicted molar refractivity (Wildman–Crippen MR) is 117 cm³/mol. The van der Waals surface area contributed by atoms with Crippen molar-refractivity contribution < 1.29 is 4.79 Å². The van der Waals surface area contributed by atoms with Gasteiger partial charge in [0.05, 0.1) is 21.4 Å². The first-order chi connectivity index (χ1) is 13.9. The van der Waals surface area contributed by atoms with E-state index in [1.54, 1.807) is 28.9 Å². The molecule has 146 valence electrons. The van der Waals surface area contributed by atoms with Crippen molar-refractivity contribution in [1.82, 2.24) is 14.3 Å². The van der Waals surface area contributed by atoms with Gasteiger partial charge < -0.3 is 9.88 Å². The Morgan fingerprint density at radius 2 is 1.76 bits per heavy atom. The molecule has 4 aromatic rings. The third-order valence-electron chi connectivity index (χ3n) is 4.61. The summed E-state index contributed by atoms with van der Waals surface area (Å²) in [6, 6.07) is 18.4. The maximum Gasteiger partial charge on any atom is 0.274 e. The van der Waals surface area contributed by atoms with E-state index < -0.39 is 0 Å². The van der Waals surface area contributed by atoms with E-state index in [9.17, 15) is 4.79 Å². The second-order valence-corrected chi connectivity index (χ2v) is 7.56. The third-order valence-corrected chi connectivity index (χ3v) is 5.34. The van der Waals surface area contributed by atoms with Crippen molar-refractivity contribution in [1.29, 1.82) is 0 Å². The number of hydrogen-bond acceptors (Lipinski definition) is 2. The maximum atomic E-state index is 13.1. The third kappa shape index (κ3) is 3.92. The fourth-order valence-electron chi connectivity index (χ4n) is 3.04. The van der Waals surface area contributed by atoms with Crippen molar-refractivity contribution in [2.24, 2.45) is 7.05 Å².